The monoisotopic (exact) mass is 526 g/mol. The summed E-state index contributed by atoms with van der Waals surface area (Å²) < 4.78 is 11.4. The summed E-state index contributed by atoms with van der Waals surface area (Å²) in [5.41, 5.74) is 4.32. The van der Waals surface area contributed by atoms with Crippen molar-refractivity contribution in [3.8, 4) is 11.5 Å². The van der Waals surface area contributed by atoms with Crippen molar-refractivity contribution in [2.45, 2.75) is 64.3 Å². The molecule has 0 aliphatic carbocycles. The first-order valence-corrected chi connectivity index (χ1v) is 13.5. The van der Waals surface area contributed by atoms with Crippen molar-refractivity contribution in [2.24, 2.45) is 5.92 Å². The maximum Gasteiger partial charge on any atom is 0.227 e. The van der Waals surface area contributed by atoms with Gasteiger partial charge in [0.15, 0.2) is 17.3 Å². The summed E-state index contributed by atoms with van der Waals surface area (Å²) in [6.07, 6.45) is 7.08. The van der Waals surface area contributed by atoms with Crippen molar-refractivity contribution in [1.29, 1.82) is 0 Å². The van der Waals surface area contributed by atoms with E-state index in [1.165, 1.54) is 11.1 Å². The maximum absolute atomic E-state index is 13.1. The summed E-state index contributed by atoms with van der Waals surface area (Å²) in [5.74, 6) is 2.63. The third-order valence-electron chi connectivity index (χ3n) is 8.20. The highest BCUT2D eigenvalue weighted by Crippen LogP contribution is 2.37. The normalized spacial score (nSPS) is 18.5. The molecule has 3 aliphatic rings. The van der Waals surface area contributed by atoms with E-state index >= 15 is 0 Å². The SMILES string of the molecule is COc1ccccc1OCC(C)N1CCC(CCC(=O)c2cc3c4c(c2)CCC(=O)N4CCC3)CC1.Cl. The number of likely N-dealkylation sites (tertiary alicyclic amines) is 1. The van der Waals surface area contributed by atoms with Gasteiger partial charge >= 0.3 is 0 Å². The number of para-hydroxylation sites is 2. The summed E-state index contributed by atoms with van der Waals surface area (Å²) in [7, 11) is 1.67. The minimum atomic E-state index is 0. The van der Waals surface area contributed by atoms with Gasteiger partial charge in [0, 0.05) is 31.0 Å². The van der Waals surface area contributed by atoms with Crippen molar-refractivity contribution in [3.63, 3.8) is 0 Å². The number of ether oxygens (including phenoxy) is 2. The smallest absolute Gasteiger partial charge is 0.227 e. The molecule has 3 heterocycles. The van der Waals surface area contributed by atoms with Crippen LogP contribution < -0.4 is 14.4 Å². The number of ketones is 1. The predicted molar refractivity (Wildman–Crippen MR) is 148 cm³/mol. The molecule has 2 aromatic carbocycles. The van der Waals surface area contributed by atoms with Crippen LogP contribution in [0.2, 0.25) is 0 Å². The molecule has 37 heavy (non-hydrogen) atoms. The highest BCUT2D eigenvalue weighted by Gasteiger charge is 2.30. The first kappa shape index (κ1) is 27.5. The van der Waals surface area contributed by atoms with Gasteiger partial charge in [-0.1, -0.05) is 12.1 Å². The van der Waals surface area contributed by atoms with E-state index in [2.05, 4.69) is 24.0 Å². The van der Waals surface area contributed by atoms with Crippen molar-refractivity contribution in [1.82, 2.24) is 4.90 Å². The number of rotatable bonds is 9. The van der Waals surface area contributed by atoms with Crippen molar-refractivity contribution >= 4 is 29.8 Å². The molecular weight excluding hydrogens is 488 g/mol. The molecular formula is C30H39ClN2O4. The number of carbonyl (C=O) groups is 2. The second-order valence-corrected chi connectivity index (χ2v) is 10.5. The van der Waals surface area contributed by atoms with Gasteiger partial charge in [-0.25, -0.2) is 0 Å². The Morgan fingerprint density at radius 1 is 1.03 bits per heavy atom. The molecule has 0 bridgehead atoms. The summed E-state index contributed by atoms with van der Waals surface area (Å²) >= 11 is 0. The molecule has 0 N–H and O–H groups in total. The Balaban J connectivity index is 0.00000320. The van der Waals surface area contributed by atoms with E-state index in [1.807, 2.05) is 29.2 Å². The Hall–Kier alpha value is -2.57. The lowest BCUT2D eigenvalue weighted by Crippen LogP contribution is -2.42. The minimum Gasteiger partial charge on any atom is -0.493 e. The van der Waals surface area contributed by atoms with Gasteiger partial charge in [0.2, 0.25) is 5.91 Å². The van der Waals surface area contributed by atoms with E-state index in [4.69, 9.17) is 9.47 Å². The van der Waals surface area contributed by atoms with Gasteiger partial charge in [0.1, 0.15) is 6.61 Å². The Morgan fingerprint density at radius 3 is 2.46 bits per heavy atom. The summed E-state index contributed by atoms with van der Waals surface area (Å²) in [6.45, 7) is 5.75. The fourth-order valence-corrected chi connectivity index (χ4v) is 6.03. The van der Waals surface area contributed by atoms with E-state index in [0.29, 0.717) is 31.4 Å². The van der Waals surface area contributed by atoms with Gasteiger partial charge in [0.25, 0.3) is 0 Å². The molecule has 3 aliphatic heterocycles. The lowest BCUT2D eigenvalue weighted by atomic mass is 9.86. The number of nitrogens with zero attached hydrogens (tertiary/aromatic N) is 2. The van der Waals surface area contributed by atoms with Gasteiger partial charge in [0.05, 0.1) is 12.8 Å². The molecule has 1 fully saturated rings. The number of methoxy groups -OCH3 is 1. The lowest BCUT2D eigenvalue weighted by molar-refractivity contribution is -0.119. The molecule has 2 aromatic rings. The van der Waals surface area contributed by atoms with Gasteiger partial charge < -0.3 is 14.4 Å². The molecule has 7 heteroatoms. The zero-order valence-electron chi connectivity index (χ0n) is 22.0. The number of carbonyl (C=O) groups excluding carboxylic acids is 2. The third kappa shape index (κ3) is 6.12. The highest BCUT2D eigenvalue weighted by molar-refractivity contribution is 6.01. The second kappa shape index (κ2) is 12.3. The minimum absolute atomic E-state index is 0. The maximum atomic E-state index is 13.1. The topological polar surface area (TPSA) is 59.1 Å². The molecule has 0 radical (unpaired) electrons. The van der Waals surface area contributed by atoms with Crippen LogP contribution in [-0.4, -0.2) is 56.0 Å². The average Bonchev–Trinajstić information content (AvgIpc) is 2.92. The number of piperidine rings is 1. The van der Waals surface area contributed by atoms with Crippen LogP contribution in [0.4, 0.5) is 5.69 Å². The zero-order valence-corrected chi connectivity index (χ0v) is 22.9. The number of Topliss-reactive ketones (excluding diaryl/α,β-unsaturated/α-hetero) is 1. The Morgan fingerprint density at radius 2 is 1.73 bits per heavy atom. The molecule has 0 saturated carbocycles. The number of aryl methyl sites for hydroxylation is 2. The second-order valence-electron chi connectivity index (χ2n) is 10.5. The first-order valence-electron chi connectivity index (χ1n) is 13.5. The molecule has 1 unspecified atom stereocenters. The van der Waals surface area contributed by atoms with Gasteiger partial charge in [-0.3, -0.25) is 14.5 Å². The zero-order chi connectivity index (χ0) is 25.1. The van der Waals surface area contributed by atoms with Gasteiger partial charge in [-0.2, -0.15) is 0 Å². The van der Waals surface area contributed by atoms with Gasteiger partial charge in [-0.05, 0) is 99.8 Å². The van der Waals surface area contributed by atoms with Crippen LogP contribution in [0.15, 0.2) is 36.4 Å². The lowest BCUT2D eigenvalue weighted by Gasteiger charge is -2.36. The van der Waals surface area contributed by atoms with E-state index < -0.39 is 0 Å². The summed E-state index contributed by atoms with van der Waals surface area (Å²) in [4.78, 5) is 29.9. The molecule has 0 aromatic heterocycles. The summed E-state index contributed by atoms with van der Waals surface area (Å²) in [6, 6.07) is 12.2. The molecule has 0 spiro atoms. The van der Waals surface area contributed by atoms with Crippen molar-refractivity contribution in [2.75, 3.05) is 38.3 Å². The Labute approximate surface area is 226 Å². The Kier molecular flexibility index (Phi) is 9.14. The third-order valence-corrected chi connectivity index (χ3v) is 8.20. The number of benzene rings is 2. The number of halogens is 1. The molecule has 1 saturated heterocycles. The number of amides is 1. The summed E-state index contributed by atoms with van der Waals surface area (Å²) in [5, 5.41) is 0. The van der Waals surface area contributed by atoms with Crippen LogP contribution in [-0.2, 0) is 17.6 Å². The Bertz CT molecular complexity index is 1100. The first-order chi connectivity index (χ1) is 17.5. The van der Waals surface area contributed by atoms with Crippen LogP contribution in [0.5, 0.6) is 11.5 Å². The van der Waals surface area contributed by atoms with E-state index in [1.54, 1.807) is 7.11 Å². The van der Waals surface area contributed by atoms with Crippen molar-refractivity contribution < 1.29 is 19.1 Å². The van der Waals surface area contributed by atoms with E-state index in [-0.39, 0.29) is 24.1 Å². The highest BCUT2D eigenvalue weighted by atomic mass is 35.5. The van der Waals surface area contributed by atoms with Crippen LogP contribution in [0, 0.1) is 5.92 Å². The fourth-order valence-electron chi connectivity index (χ4n) is 6.03. The molecule has 5 rings (SSSR count). The van der Waals surface area contributed by atoms with Crippen molar-refractivity contribution in [3.05, 3.63) is 53.1 Å². The quantitative estimate of drug-likeness (QED) is 0.405. The molecule has 6 nitrogen and oxygen atoms in total. The largest absolute Gasteiger partial charge is 0.493 e. The van der Waals surface area contributed by atoms with Crippen LogP contribution in [0.3, 0.4) is 0 Å². The molecule has 1 amide bonds. The number of hydrogen-bond acceptors (Lipinski definition) is 5. The van der Waals surface area contributed by atoms with Crippen LogP contribution >= 0.6 is 12.4 Å². The molecule has 1 atom stereocenters. The van der Waals surface area contributed by atoms with E-state index in [0.717, 1.165) is 80.9 Å². The van der Waals surface area contributed by atoms with E-state index in [9.17, 15) is 9.59 Å². The average molecular weight is 527 g/mol. The fraction of sp³-hybridized carbons (Fsp3) is 0.533. The standard InChI is InChI=1S/C30H38N2O4.ClH/c1-21(20-36-28-8-4-3-7-27(28)35-2)31-16-13-22(14-17-31)9-11-26(33)25-18-23-6-5-15-32-29(34)12-10-24(19-25)30(23)32;/h3-4,7-8,18-19,21-22H,5-6,9-17,20H2,1-2H3;1H. The van der Waals surface area contributed by atoms with Crippen LogP contribution in [0.25, 0.3) is 0 Å². The number of anilines is 1. The molecule has 200 valence electrons. The predicted octanol–water partition coefficient (Wildman–Crippen LogP) is 5.48. The van der Waals surface area contributed by atoms with Crippen LogP contribution in [0.1, 0.15) is 66.9 Å². The van der Waals surface area contributed by atoms with Gasteiger partial charge in [-0.15, -0.1) is 12.4 Å². The number of hydrogen-bond donors (Lipinski definition) is 0.